The van der Waals surface area contributed by atoms with E-state index in [1.54, 1.807) is 0 Å². The second-order valence-corrected chi connectivity index (χ2v) is 7.38. The van der Waals surface area contributed by atoms with Gasteiger partial charge in [0.2, 0.25) is 0 Å². The van der Waals surface area contributed by atoms with Crippen LogP contribution in [0.1, 0.15) is 37.3 Å². The molecule has 1 N–H and O–H groups in total. The van der Waals surface area contributed by atoms with Crippen LogP contribution in [0, 0.1) is 5.92 Å². The minimum atomic E-state index is 0.0335. The summed E-state index contributed by atoms with van der Waals surface area (Å²) in [6, 6.07) is 6.40. The molecule has 3 nitrogen and oxygen atoms in total. The molecule has 3 atom stereocenters. The van der Waals surface area contributed by atoms with Gasteiger partial charge >= 0.3 is 0 Å². The van der Waals surface area contributed by atoms with Gasteiger partial charge in [0, 0.05) is 25.1 Å². The number of fused-ring (bicyclic) bond motifs is 4. The molecule has 4 rings (SSSR count). The molecule has 1 saturated carbocycles. The van der Waals surface area contributed by atoms with Crippen molar-refractivity contribution in [3.63, 3.8) is 0 Å². The first-order valence-electron chi connectivity index (χ1n) is 8.21. The lowest BCUT2D eigenvalue weighted by Crippen LogP contribution is -2.63. The van der Waals surface area contributed by atoms with E-state index < -0.39 is 0 Å². The van der Waals surface area contributed by atoms with Crippen molar-refractivity contribution < 1.29 is 9.84 Å². The number of hydrogen-bond donors (Lipinski definition) is 1. The lowest BCUT2D eigenvalue weighted by Gasteiger charge is -2.54. The molecule has 1 heterocycles. The predicted molar refractivity (Wildman–Crippen MR) is 82.7 cm³/mol. The smallest absolute Gasteiger partial charge is 0.115 e. The zero-order chi connectivity index (χ0) is 14.6. The fraction of sp³-hybridized carbons (Fsp3) is 0.667. The Labute approximate surface area is 126 Å². The molecule has 1 aliphatic heterocycles. The van der Waals surface area contributed by atoms with Crippen LogP contribution in [0.5, 0.6) is 5.75 Å². The summed E-state index contributed by atoms with van der Waals surface area (Å²) in [7, 11) is 1.85. The third-order valence-corrected chi connectivity index (χ3v) is 5.95. The lowest BCUT2D eigenvalue weighted by atomic mass is 9.63. The largest absolute Gasteiger partial charge is 0.508 e. The normalized spacial score (nSPS) is 35.5. The van der Waals surface area contributed by atoms with Gasteiger partial charge in [-0.3, -0.25) is 4.90 Å². The van der Waals surface area contributed by atoms with E-state index in [0.717, 1.165) is 25.3 Å². The number of aromatic hydroxyl groups is 1. The van der Waals surface area contributed by atoms with Crippen molar-refractivity contribution in [1.82, 2.24) is 4.90 Å². The quantitative estimate of drug-likeness (QED) is 0.928. The topological polar surface area (TPSA) is 32.7 Å². The standard InChI is InChI=1S/C18H25NO2/c1-18-7-8-19(11-12-3-4-12)16(17(18)21-2)9-13-5-6-14(20)10-15(13)18/h5-6,10,12,16-17,20H,3-4,7-9,11H2,1-2H3/t16?,17?,18-/m0/s1. The van der Waals surface area contributed by atoms with E-state index in [0.29, 0.717) is 11.8 Å². The molecule has 2 aliphatic carbocycles. The van der Waals surface area contributed by atoms with Gasteiger partial charge in [0.15, 0.2) is 0 Å². The van der Waals surface area contributed by atoms with Gasteiger partial charge in [-0.2, -0.15) is 0 Å². The Kier molecular flexibility index (Phi) is 3.05. The number of ether oxygens (including phenoxy) is 1. The molecular formula is C18H25NO2. The maximum atomic E-state index is 9.89. The summed E-state index contributed by atoms with van der Waals surface area (Å²) < 4.78 is 5.97. The minimum Gasteiger partial charge on any atom is -0.508 e. The molecule has 0 amide bonds. The van der Waals surface area contributed by atoms with Crippen molar-refractivity contribution >= 4 is 0 Å². The number of rotatable bonds is 3. The van der Waals surface area contributed by atoms with Crippen LogP contribution < -0.4 is 0 Å². The van der Waals surface area contributed by atoms with E-state index in [2.05, 4.69) is 17.9 Å². The first kappa shape index (κ1) is 13.6. The highest BCUT2D eigenvalue weighted by Crippen LogP contribution is 2.47. The second kappa shape index (κ2) is 4.72. The van der Waals surface area contributed by atoms with Crippen molar-refractivity contribution in [2.75, 3.05) is 20.2 Å². The molecule has 2 fully saturated rings. The lowest BCUT2D eigenvalue weighted by molar-refractivity contribution is -0.0758. The van der Waals surface area contributed by atoms with Crippen molar-refractivity contribution in [3.8, 4) is 5.75 Å². The van der Waals surface area contributed by atoms with Crippen LogP contribution in [0.3, 0.4) is 0 Å². The van der Waals surface area contributed by atoms with Crippen molar-refractivity contribution in [3.05, 3.63) is 29.3 Å². The highest BCUT2D eigenvalue weighted by atomic mass is 16.5. The monoisotopic (exact) mass is 287 g/mol. The number of nitrogens with zero attached hydrogens (tertiary/aromatic N) is 1. The Hall–Kier alpha value is -1.06. The van der Waals surface area contributed by atoms with Gasteiger partial charge < -0.3 is 9.84 Å². The third-order valence-electron chi connectivity index (χ3n) is 5.95. The zero-order valence-electron chi connectivity index (χ0n) is 13.0. The van der Waals surface area contributed by atoms with Gasteiger partial charge in [0.1, 0.15) is 5.75 Å². The van der Waals surface area contributed by atoms with Gasteiger partial charge in [-0.25, -0.2) is 0 Å². The molecular weight excluding hydrogens is 262 g/mol. The van der Waals surface area contributed by atoms with Crippen LogP contribution in [0.2, 0.25) is 0 Å². The van der Waals surface area contributed by atoms with Gasteiger partial charge in [-0.1, -0.05) is 13.0 Å². The summed E-state index contributed by atoms with van der Waals surface area (Å²) >= 11 is 0. The molecule has 3 heteroatoms. The first-order valence-corrected chi connectivity index (χ1v) is 8.21. The number of benzene rings is 1. The number of phenols is 1. The van der Waals surface area contributed by atoms with E-state index in [-0.39, 0.29) is 11.5 Å². The van der Waals surface area contributed by atoms with Crippen LogP contribution in [-0.2, 0) is 16.6 Å². The number of likely N-dealkylation sites (tertiary alicyclic amines) is 1. The summed E-state index contributed by atoms with van der Waals surface area (Å²) in [5.41, 5.74) is 2.73. The average molecular weight is 287 g/mol. The zero-order valence-corrected chi connectivity index (χ0v) is 13.0. The summed E-state index contributed by atoms with van der Waals surface area (Å²) in [5.74, 6) is 1.30. The Morgan fingerprint density at radius 3 is 2.90 bits per heavy atom. The summed E-state index contributed by atoms with van der Waals surface area (Å²) in [6.07, 6.45) is 5.21. The molecule has 3 aliphatic rings. The Morgan fingerprint density at radius 2 is 2.19 bits per heavy atom. The second-order valence-electron chi connectivity index (χ2n) is 7.38. The molecule has 2 unspecified atom stereocenters. The molecule has 1 saturated heterocycles. The Bertz CT molecular complexity index is 554. The van der Waals surface area contributed by atoms with Gasteiger partial charge in [0.25, 0.3) is 0 Å². The maximum absolute atomic E-state index is 9.89. The van der Waals surface area contributed by atoms with Gasteiger partial charge in [-0.15, -0.1) is 0 Å². The highest BCUT2D eigenvalue weighted by molar-refractivity contribution is 5.45. The molecule has 0 spiro atoms. The third kappa shape index (κ3) is 2.09. The molecule has 0 radical (unpaired) electrons. The summed E-state index contributed by atoms with van der Waals surface area (Å²) in [6.45, 7) is 4.72. The minimum absolute atomic E-state index is 0.0335. The Balaban J connectivity index is 1.73. The number of hydrogen-bond acceptors (Lipinski definition) is 3. The van der Waals surface area contributed by atoms with E-state index in [9.17, 15) is 5.11 Å². The summed E-state index contributed by atoms with van der Waals surface area (Å²) in [5, 5.41) is 9.89. The van der Waals surface area contributed by atoms with E-state index >= 15 is 0 Å². The van der Waals surface area contributed by atoms with Crippen molar-refractivity contribution in [1.29, 1.82) is 0 Å². The number of phenolic OH excluding ortho intramolecular Hbond substituents is 1. The van der Waals surface area contributed by atoms with Gasteiger partial charge in [-0.05, 0) is 61.4 Å². The molecule has 1 aromatic carbocycles. The van der Waals surface area contributed by atoms with Crippen molar-refractivity contribution in [2.45, 2.75) is 50.2 Å². The van der Waals surface area contributed by atoms with Crippen LogP contribution >= 0.6 is 0 Å². The van der Waals surface area contributed by atoms with E-state index in [1.165, 1.54) is 30.5 Å². The fourth-order valence-electron chi connectivity index (χ4n) is 4.60. The van der Waals surface area contributed by atoms with E-state index in [4.69, 9.17) is 4.74 Å². The predicted octanol–water partition coefficient (Wildman–Crippen LogP) is 2.71. The number of piperidine rings is 1. The fourth-order valence-corrected chi connectivity index (χ4v) is 4.60. The molecule has 21 heavy (non-hydrogen) atoms. The van der Waals surface area contributed by atoms with Crippen molar-refractivity contribution in [2.24, 2.45) is 5.92 Å². The van der Waals surface area contributed by atoms with E-state index in [1.807, 2.05) is 19.2 Å². The van der Waals surface area contributed by atoms with Crippen LogP contribution in [0.25, 0.3) is 0 Å². The average Bonchev–Trinajstić information content (AvgIpc) is 3.27. The number of methoxy groups -OCH3 is 1. The maximum Gasteiger partial charge on any atom is 0.115 e. The molecule has 1 aromatic rings. The SMILES string of the molecule is COC1C2Cc3ccc(O)cc3[C@]1(C)CCN2CC1CC1. The van der Waals surface area contributed by atoms with Crippen LogP contribution in [0.15, 0.2) is 18.2 Å². The Morgan fingerprint density at radius 1 is 1.38 bits per heavy atom. The molecule has 114 valence electrons. The van der Waals surface area contributed by atoms with Crippen LogP contribution in [-0.4, -0.2) is 42.4 Å². The first-order chi connectivity index (χ1) is 10.1. The summed E-state index contributed by atoms with van der Waals surface area (Å²) in [4.78, 5) is 2.67. The molecule has 0 aromatic heterocycles. The van der Waals surface area contributed by atoms with Crippen LogP contribution in [0.4, 0.5) is 0 Å². The molecule has 2 bridgehead atoms. The van der Waals surface area contributed by atoms with Gasteiger partial charge in [0.05, 0.1) is 6.10 Å². The highest BCUT2D eigenvalue weighted by Gasteiger charge is 2.51.